The zero-order valence-corrected chi connectivity index (χ0v) is 11.4. The van der Waals surface area contributed by atoms with Gasteiger partial charge in [0.2, 0.25) is 5.91 Å². The van der Waals surface area contributed by atoms with E-state index in [1.54, 1.807) is 11.6 Å². The van der Waals surface area contributed by atoms with Crippen LogP contribution in [0.4, 0.5) is 10.8 Å². The zero-order chi connectivity index (χ0) is 13.9. The Morgan fingerprint density at radius 1 is 1.30 bits per heavy atom. The molecule has 2 heterocycles. The first-order valence-electron chi connectivity index (χ1n) is 6.06. The number of nitrogens with zero attached hydrogens (tertiary/aromatic N) is 2. The Hall–Kier alpha value is -2.47. The number of carbonyl (C=O) groups is 1. The highest BCUT2D eigenvalue weighted by atomic mass is 32.1. The van der Waals surface area contributed by atoms with Crippen molar-refractivity contribution in [1.82, 2.24) is 9.97 Å². The molecule has 0 unspecified atom stereocenters. The molecule has 0 bridgehead atoms. The molecular formula is C14H12N4OS. The van der Waals surface area contributed by atoms with Gasteiger partial charge in [0.25, 0.3) is 0 Å². The van der Waals surface area contributed by atoms with E-state index in [4.69, 9.17) is 5.73 Å². The van der Waals surface area contributed by atoms with Crippen LogP contribution in [0.3, 0.4) is 0 Å². The third kappa shape index (κ3) is 2.60. The van der Waals surface area contributed by atoms with Gasteiger partial charge in [0.1, 0.15) is 0 Å². The SMILES string of the molecule is Nc1nc(CC(=O)Nc2cccc3cccnc23)cs1. The van der Waals surface area contributed by atoms with Crippen LogP contribution >= 0.6 is 11.3 Å². The maximum absolute atomic E-state index is 12.0. The van der Waals surface area contributed by atoms with Crippen LogP contribution in [0.2, 0.25) is 0 Å². The maximum atomic E-state index is 12.0. The Bertz CT molecular complexity index is 763. The molecule has 20 heavy (non-hydrogen) atoms. The molecule has 6 heteroatoms. The van der Waals surface area contributed by atoms with E-state index < -0.39 is 0 Å². The summed E-state index contributed by atoms with van der Waals surface area (Å²) >= 11 is 1.33. The van der Waals surface area contributed by atoms with E-state index in [0.717, 1.165) is 10.9 Å². The number of pyridine rings is 1. The number of hydrogen-bond acceptors (Lipinski definition) is 5. The minimum Gasteiger partial charge on any atom is -0.375 e. The van der Waals surface area contributed by atoms with Gasteiger partial charge in [0.05, 0.1) is 23.3 Å². The van der Waals surface area contributed by atoms with Crippen molar-refractivity contribution in [3.05, 3.63) is 47.6 Å². The van der Waals surface area contributed by atoms with Crippen molar-refractivity contribution in [3.8, 4) is 0 Å². The Morgan fingerprint density at radius 2 is 2.15 bits per heavy atom. The first kappa shape index (κ1) is 12.6. The molecule has 0 aliphatic rings. The number of benzene rings is 1. The smallest absolute Gasteiger partial charge is 0.230 e. The molecule has 0 fully saturated rings. The number of anilines is 2. The molecule has 0 aliphatic heterocycles. The highest BCUT2D eigenvalue weighted by Crippen LogP contribution is 2.21. The van der Waals surface area contributed by atoms with Gasteiger partial charge >= 0.3 is 0 Å². The van der Waals surface area contributed by atoms with E-state index in [1.807, 2.05) is 30.3 Å². The van der Waals surface area contributed by atoms with Crippen molar-refractivity contribution in [2.75, 3.05) is 11.1 Å². The van der Waals surface area contributed by atoms with Crippen LogP contribution in [-0.4, -0.2) is 15.9 Å². The fourth-order valence-electron chi connectivity index (χ4n) is 1.97. The van der Waals surface area contributed by atoms with E-state index >= 15 is 0 Å². The van der Waals surface area contributed by atoms with Crippen LogP contribution in [0, 0.1) is 0 Å². The lowest BCUT2D eigenvalue weighted by Crippen LogP contribution is -2.15. The Labute approximate surface area is 119 Å². The summed E-state index contributed by atoms with van der Waals surface area (Å²) < 4.78 is 0. The summed E-state index contributed by atoms with van der Waals surface area (Å²) in [5, 5.41) is 6.11. The van der Waals surface area contributed by atoms with Crippen molar-refractivity contribution in [3.63, 3.8) is 0 Å². The lowest BCUT2D eigenvalue weighted by Gasteiger charge is -2.07. The Morgan fingerprint density at radius 3 is 2.95 bits per heavy atom. The van der Waals surface area contributed by atoms with Crippen molar-refractivity contribution in [2.45, 2.75) is 6.42 Å². The Balaban J connectivity index is 1.81. The van der Waals surface area contributed by atoms with Gasteiger partial charge in [-0.25, -0.2) is 4.98 Å². The van der Waals surface area contributed by atoms with E-state index in [9.17, 15) is 4.79 Å². The minimum absolute atomic E-state index is 0.131. The van der Waals surface area contributed by atoms with Crippen molar-refractivity contribution in [1.29, 1.82) is 0 Å². The van der Waals surface area contributed by atoms with Gasteiger partial charge in [0, 0.05) is 17.0 Å². The molecule has 3 rings (SSSR count). The molecule has 0 saturated heterocycles. The fourth-order valence-corrected chi connectivity index (χ4v) is 2.53. The summed E-state index contributed by atoms with van der Waals surface area (Å²) in [5.41, 5.74) is 7.71. The van der Waals surface area contributed by atoms with Gasteiger partial charge in [-0.05, 0) is 12.1 Å². The molecule has 3 N–H and O–H groups in total. The molecular weight excluding hydrogens is 272 g/mol. The summed E-state index contributed by atoms with van der Waals surface area (Å²) in [6, 6.07) is 9.51. The van der Waals surface area contributed by atoms with Gasteiger partial charge in [-0.2, -0.15) is 0 Å². The second-order valence-electron chi connectivity index (χ2n) is 4.28. The van der Waals surface area contributed by atoms with E-state index in [1.165, 1.54) is 11.3 Å². The van der Waals surface area contributed by atoms with Gasteiger partial charge in [-0.15, -0.1) is 11.3 Å². The molecule has 0 saturated carbocycles. The number of rotatable bonds is 3. The largest absolute Gasteiger partial charge is 0.375 e. The molecule has 2 aromatic heterocycles. The average molecular weight is 284 g/mol. The van der Waals surface area contributed by atoms with Crippen LogP contribution < -0.4 is 11.1 Å². The summed E-state index contributed by atoms with van der Waals surface area (Å²) in [5.74, 6) is -0.131. The zero-order valence-electron chi connectivity index (χ0n) is 10.5. The number of nitrogen functional groups attached to an aromatic ring is 1. The number of aromatic nitrogens is 2. The second-order valence-corrected chi connectivity index (χ2v) is 5.17. The number of hydrogen-bond donors (Lipinski definition) is 2. The number of nitrogens with one attached hydrogen (secondary N) is 1. The lowest BCUT2D eigenvalue weighted by molar-refractivity contribution is -0.115. The highest BCUT2D eigenvalue weighted by Gasteiger charge is 2.09. The number of fused-ring (bicyclic) bond motifs is 1. The van der Waals surface area contributed by atoms with Crippen LogP contribution in [0.25, 0.3) is 10.9 Å². The predicted octanol–water partition coefficient (Wildman–Crippen LogP) is 2.45. The molecule has 0 aliphatic carbocycles. The standard InChI is InChI=1S/C14H12N4OS/c15-14-17-10(8-20-14)7-12(19)18-11-5-1-3-9-4-2-6-16-13(9)11/h1-6,8H,7H2,(H2,15,17)(H,18,19). The number of thiazole rings is 1. The fraction of sp³-hybridized carbons (Fsp3) is 0.0714. The van der Waals surface area contributed by atoms with Crippen molar-refractivity contribution >= 4 is 39.0 Å². The number of carbonyl (C=O) groups excluding carboxylic acids is 1. The molecule has 0 radical (unpaired) electrons. The van der Waals surface area contributed by atoms with Crippen molar-refractivity contribution < 1.29 is 4.79 Å². The summed E-state index contributed by atoms with van der Waals surface area (Å²) in [7, 11) is 0. The summed E-state index contributed by atoms with van der Waals surface area (Å²) in [6.45, 7) is 0. The monoisotopic (exact) mass is 284 g/mol. The average Bonchev–Trinajstić information content (AvgIpc) is 2.84. The maximum Gasteiger partial charge on any atom is 0.230 e. The number of para-hydroxylation sites is 1. The number of amides is 1. The topological polar surface area (TPSA) is 80.9 Å². The molecule has 0 spiro atoms. The molecule has 1 amide bonds. The molecule has 5 nitrogen and oxygen atoms in total. The van der Waals surface area contributed by atoms with Crippen LogP contribution in [0.1, 0.15) is 5.69 Å². The number of nitrogens with two attached hydrogens (primary N) is 1. The Kier molecular flexibility index (Phi) is 3.30. The molecule has 0 atom stereocenters. The van der Waals surface area contributed by atoms with E-state index in [2.05, 4.69) is 15.3 Å². The lowest BCUT2D eigenvalue weighted by atomic mass is 10.2. The highest BCUT2D eigenvalue weighted by molar-refractivity contribution is 7.13. The third-order valence-electron chi connectivity index (χ3n) is 2.82. The van der Waals surface area contributed by atoms with Gasteiger partial charge in [-0.3, -0.25) is 9.78 Å². The van der Waals surface area contributed by atoms with Crippen molar-refractivity contribution in [2.24, 2.45) is 0 Å². The second kappa shape index (κ2) is 5.26. The molecule has 1 aromatic carbocycles. The first-order chi connectivity index (χ1) is 9.72. The summed E-state index contributed by atoms with van der Waals surface area (Å²) in [6.07, 6.45) is 1.91. The van der Waals surface area contributed by atoms with Gasteiger partial charge in [-0.1, -0.05) is 18.2 Å². The molecule has 100 valence electrons. The van der Waals surface area contributed by atoms with Crippen LogP contribution in [-0.2, 0) is 11.2 Å². The quantitative estimate of drug-likeness (QED) is 0.774. The van der Waals surface area contributed by atoms with Gasteiger partial charge < -0.3 is 11.1 Å². The van der Waals surface area contributed by atoms with E-state index in [-0.39, 0.29) is 12.3 Å². The molecule has 3 aromatic rings. The minimum atomic E-state index is -0.131. The van der Waals surface area contributed by atoms with Crippen LogP contribution in [0.15, 0.2) is 41.9 Å². The van der Waals surface area contributed by atoms with E-state index in [0.29, 0.717) is 16.5 Å². The van der Waals surface area contributed by atoms with Crippen LogP contribution in [0.5, 0.6) is 0 Å². The van der Waals surface area contributed by atoms with Gasteiger partial charge in [0.15, 0.2) is 5.13 Å². The third-order valence-corrected chi connectivity index (χ3v) is 3.54. The summed E-state index contributed by atoms with van der Waals surface area (Å²) in [4.78, 5) is 20.4. The first-order valence-corrected chi connectivity index (χ1v) is 6.94. The predicted molar refractivity (Wildman–Crippen MR) is 80.6 cm³/mol. The normalized spacial score (nSPS) is 10.6.